The van der Waals surface area contributed by atoms with Crippen LogP contribution in [0.2, 0.25) is 0 Å². The molecule has 0 saturated carbocycles. The van der Waals surface area contributed by atoms with Crippen LogP contribution in [-0.4, -0.2) is 29.6 Å². The van der Waals surface area contributed by atoms with Gasteiger partial charge in [-0.25, -0.2) is 13.1 Å². The summed E-state index contributed by atoms with van der Waals surface area (Å²) in [6.07, 6.45) is 2.71. The van der Waals surface area contributed by atoms with Gasteiger partial charge >= 0.3 is 0 Å². The molecule has 0 amide bonds. The first-order valence-corrected chi connectivity index (χ1v) is 11.1. The van der Waals surface area contributed by atoms with Crippen LogP contribution >= 0.6 is 11.8 Å². The minimum absolute atomic E-state index is 0.145. The molecule has 3 rings (SSSR count). The number of aromatic nitrogens is 3. The summed E-state index contributed by atoms with van der Waals surface area (Å²) in [7, 11) is -3.54. The Labute approximate surface area is 164 Å². The number of nitrogens with zero attached hydrogens (tertiary/aromatic N) is 3. The van der Waals surface area contributed by atoms with Crippen LogP contribution in [0.5, 0.6) is 0 Å². The van der Waals surface area contributed by atoms with Gasteiger partial charge in [-0.3, -0.25) is 4.40 Å². The van der Waals surface area contributed by atoms with E-state index in [0.29, 0.717) is 16.3 Å². The molecule has 1 N–H and O–H groups in total. The minimum atomic E-state index is -3.54. The second-order valence-corrected chi connectivity index (χ2v) is 10.2. The first-order valence-electron chi connectivity index (χ1n) is 8.84. The maximum atomic E-state index is 12.6. The van der Waals surface area contributed by atoms with Crippen LogP contribution in [0.1, 0.15) is 39.9 Å². The maximum absolute atomic E-state index is 12.6. The third kappa shape index (κ3) is 4.34. The van der Waals surface area contributed by atoms with Crippen LogP contribution in [0, 0.1) is 0 Å². The number of hydrogen-bond donors (Lipinski definition) is 1. The van der Waals surface area contributed by atoms with E-state index < -0.39 is 10.0 Å². The largest absolute Gasteiger partial charge is 0.285 e. The second-order valence-electron chi connectivity index (χ2n) is 7.31. The third-order valence-corrected chi connectivity index (χ3v) is 6.66. The van der Waals surface area contributed by atoms with Crippen LogP contribution in [0.15, 0.2) is 57.3 Å². The highest BCUT2D eigenvalue weighted by Gasteiger charge is 2.22. The van der Waals surface area contributed by atoms with Crippen molar-refractivity contribution in [2.24, 2.45) is 0 Å². The fourth-order valence-corrected chi connectivity index (χ4v) is 5.18. The maximum Gasteiger partial charge on any atom is 0.241 e. The number of pyridine rings is 1. The van der Waals surface area contributed by atoms with Crippen molar-refractivity contribution in [2.75, 3.05) is 6.54 Å². The predicted octanol–water partition coefficient (Wildman–Crippen LogP) is 3.87. The molecular weight excluding hydrogens is 380 g/mol. The summed E-state index contributed by atoms with van der Waals surface area (Å²) in [4.78, 5) is 1.90. The van der Waals surface area contributed by atoms with E-state index in [0.717, 1.165) is 22.8 Å². The number of sulfonamides is 1. The molecule has 2 heterocycles. The molecule has 0 saturated heterocycles. The summed E-state index contributed by atoms with van der Waals surface area (Å²) in [5, 5.41) is 8.52. The Morgan fingerprint density at radius 2 is 1.85 bits per heavy atom. The van der Waals surface area contributed by atoms with Gasteiger partial charge < -0.3 is 0 Å². The van der Waals surface area contributed by atoms with E-state index >= 15 is 0 Å². The van der Waals surface area contributed by atoms with E-state index in [9.17, 15) is 8.42 Å². The van der Waals surface area contributed by atoms with Crippen molar-refractivity contribution in [2.45, 2.75) is 54.2 Å². The van der Waals surface area contributed by atoms with Gasteiger partial charge in [0, 0.05) is 27.9 Å². The topological polar surface area (TPSA) is 76.4 Å². The molecule has 3 aromatic rings. The van der Waals surface area contributed by atoms with Gasteiger partial charge in [0.15, 0.2) is 5.65 Å². The zero-order chi connectivity index (χ0) is 19.7. The van der Waals surface area contributed by atoms with Crippen molar-refractivity contribution in [3.05, 3.63) is 48.4 Å². The Bertz CT molecular complexity index is 1050. The lowest BCUT2D eigenvalue weighted by atomic mass is 9.96. The molecule has 0 fully saturated rings. The Kier molecular flexibility index (Phi) is 5.60. The fourth-order valence-electron chi connectivity index (χ4n) is 2.64. The Hall–Kier alpha value is -1.90. The fraction of sp³-hybridized carbons (Fsp3) is 0.368. The van der Waals surface area contributed by atoms with Crippen LogP contribution < -0.4 is 4.72 Å². The summed E-state index contributed by atoms with van der Waals surface area (Å²) < 4.78 is 29.8. The van der Waals surface area contributed by atoms with Crippen molar-refractivity contribution in [1.29, 1.82) is 0 Å². The highest BCUT2D eigenvalue weighted by atomic mass is 32.2. The average Bonchev–Trinajstić information content (AvgIpc) is 3.04. The summed E-state index contributed by atoms with van der Waals surface area (Å²) in [6.45, 7) is 8.62. The monoisotopic (exact) mass is 404 g/mol. The Morgan fingerprint density at radius 3 is 2.56 bits per heavy atom. The van der Waals surface area contributed by atoms with Crippen molar-refractivity contribution < 1.29 is 8.42 Å². The molecule has 144 valence electrons. The van der Waals surface area contributed by atoms with Gasteiger partial charge in [-0.15, -0.1) is 10.2 Å². The third-order valence-electron chi connectivity index (χ3n) is 3.95. The highest BCUT2D eigenvalue weighted by Crippen LogP contribution is 2.33. The smallest absolute Gasteiger partial charge is 0.241 e. The molecule has 0 radical (unpaired) electrons. The standard InChI is InChI=1S/C19H24N4O2S2/c1-5-12-20-27(24,25)16-9-7-6-8-15(16)26-14-10-11-17-21-22-18(19(2,3)4)23(17)13-14/h6-11,13,20H,5,12H2,1-4H3. The molecule has 2 aromatic heterocycles. The van der Waals surface area contributed by atoms with Gasteiger partial charge in [0.05, 0.1) is 4.90 Å². The van der Waals surface area contributed by atoms with Crippen molar-refractivity contribution in [3.8, 4) is 0 Å². The van der Waals surface area contributed by atoms with Crippen LogP contribution in [0.25, 0.3) is 5.65 Å². The normalized spacial score (nSPS) is 12.6. The molecule has 8 heteroatoms. The number of hydrogen-bond acceptors (Lipinski definition) is 5. The minimum Gasteiger partial charge on any atom is -0.285 e. The zero-order valence-corrected chi connectivity index (χ0v) is 17.6. The van der Waals surface area contributed by atoms with Crippen molar-refractivity contribution in [3.63, 3.8) is 0 Å². The number of benzene rings is 1. The summed E-state index contributed by atoms with van der Waals surface area (Å²) in [6, 6.07) is 10.9. The molecule has 0 aliphatic rings. The van der Waals surface area contributed by atoms with Gasteiger partial charge in [-0.1, -0.05) is 51.6 Å². The molecule has 0 spiro atoms. The number of nitrogens with one attached hydrogen (secondary N) is 1. The van der Waals surface area contributed by atoms with Crippen molar-refractivity contribution in [1.82, 2.24) is 19.3 Å². The Morgan fingerprint density at radius 1 is 1.11 bits per heavy atom. The summed E-state index contributed by atoms with van der Waals surface area (Å²) in [5.41, 5.74) is 0.628. The highest BCUT2D eigenvalue weighted by molar-refractivity contribution is 8.00. The van der Waals surface area contributed by atoms with E-state index in [1.165, 1.54) is 11.8 Å². The number of fused-ring (bicyclic) bond motifs is 1. The lowest BCUT2D eigenvalue weighted by molar-refractivity contribution is 0.538. The van der Waals surface area contributed by atoms with Gasteiger partial charge in [0.25, 0.3) is 0 Å². The van der Waals surface area contributed by atoms with E-state index in [1.54, 1.807) is 12.1 Å². The molecule has 0 unspecified atom stereocenters. The molecule has 0 bridgehead atoms. The molecule has 1 aromatic carbocycles. The SMILES string of the molecule is CCCNS(=O)(=O)c1ccccc1Sc1ccc2nnc(C(C)(C)C)n2c1. The molecule has 0 aliphatic heterocycles. The van der Waals surface area contributed by atoms with Crippen molar-refractivity contribution >= 4 is 27.4 Å². The second kappa shape index (κ2) is 7.61. The summed E-state index contributed by atoms with van der Waals surface area (Å²) in [5.74, 6) is 0.866. The van der Waals surface area contributed by atoms with Crippen LogP contribution in [-0.2, 0) is 15.4 Å². The van der Waals surface area contributed by atoms with Gasteiger partial charge in [0.2, 0.25) is 10.0 Å². The van der Waals surface area contributed by atoms with E-state index in [-0.39, 0.29) is 5.41 Å². The summed E-state index contributed by atoms with van der Waals surface area (Å²) >= 11 is 1.42. The molecule has 0 atom stereocenters. The van der Waals surface area contributed by atoms with E-state index in [2.05, 4.69) is 35.7 Å². The molecule has 0 aliphatic carbocycles. The van der Waals surface area contributed by atoms with E-state index in [4.69, 9.17) is 0 Å². The predicted molar refractivity (Wildman–Crippen MR) is 108 cm³/mol. The lowest BCUT2D eigenvalue weighted by Crippen LogP contribution is -2.24. The Balaban J connectivity index is 1.99. The molecule has 6 nitrogen and oxygen atoms in total. The first kappa shape index (κ1) is 19.9. The van der Waals surface area contributed by atoms with Crippen LogP contribution in [0.4, 0.5) is 0 Å². The van der Waals surface area contributed by atoms with Gasteiger partial charge in [-0.05, 0) is 30.7 Å². The van der Waals surface area contributed by atoms with Gasteiger partial charge in [-0.2, -0.15) is 0 Å². The molecular formula is C19H24N4O2S2. The van der Waals surface area contributed by atoms with E-state index in [1.807, 2.05) is 41.8 Å². The average molecular weight is 405 g/mol. The number of rotatable bonds is 6. The first-order chi connectivity index (χ1) is 12.7. The van der Waals surface area contributed by atoms with Gasteiger partial charge in [0.1, 0.15) is 5.82 Å². The molecule has 27 heavy (non-hydrogen) atoms. The quantitative estimate of drug-likeness (QED) is 0.675. The zero-order valence-electron chi connectivity index (χ0n) is 15.9. The van der Waals surface area contributed by atoms with Crippen LogP contribution in [0.3, 0.4) is 0 Å². The lowest BCUT2D eigenvalue weighted by Gasteiger charge is -2.16.